The minimum absolute atomic E-state index is 0. The molecule has 9 heteroatoms. The van der Waals surface area contributed by atoms with E-state index in [1.54, 1.807) is 25.3 Å². The van der Waals surface area contributed by atoms with Gasteiger partial charge in [0.15, 0.2) is 0 Å². The van der Waals surface area contributed by atoms with Crippen LogP contribution >= 0.6 is 0 Å². The Balaban J connectivity index is 0.00000312. The average molecular weight is 362 g/mol. The van der Waals surface area contributed by atoms with Gasteiger partial charge in [-0.25, -0.2) is 4.98 Å². The number of pyridine rings is 1. The van der Waals surface area contributed by atoms with Crippen molar-refractivity contribution in [1.29, 1.82) is 0 Å². The third kappa shape index (κ3) is 7.32. The van der Waals surface area contributed by atoms with E-state index in [1.807, 2.05) is 30.3 Å². The summed E-state index contributed by atoms with van der Waals surface area (Å²) in [7, 11) is 0. The lowest BCUT2D eigenvalue weighted by atomic mass is 10.3. The Labute approximate surface area is 151 Å². The van der Waals surface area contributed by atoms with Crippen LogP contribution in [-0.2, 0) is 4.79 Å². The van der Waals surface area contributed by atoms with Crippen LogP contribution in [0, 0.1) is 0 Å². The van der Waals surface area contributed by atoms with Crippen molar-refractivity contribution in [3.05, 3.63) is 48.7 Å². The predicted molar refractivity (Wildman–Crippen MR) is 94.7 cm³/mol. The zero-order valence-electron chi connectivity index (χ0n) is 13.7. The number of amides is 1. The maximum absolute atomic E-state index is 11.9. The molecule has 1 amide bonds. The summed E-state index contributed by atoms with van der Waals surface area (Å²) in [6.07, 6.45) is 1.70. The van der Waals surface area contributed by atoms with Crippen molar-refractivity contribution in [2.24, 2.45) is 16.6 Å². The Hall–Kier alpha value is -3.13. The van der Waals surface area contributed by atoms with E-state index in [4.69, 9.17) is 11.5 Å². The molecule has 0 saturated heterocycles. The summed E-state index contributed by atoms with van der Waals surface area (Å²) in [5, 5.41) is 12.2. The van der Waals surface area contributed by atoms with Crippen LogP contribution in [0.5, 0.6) is 0 Å². The number of hydrogen-bond donors (Lipinski definition) is 5. The Kier molecular flexibility index (Phi) is 7.88. The third-order valence-corrected chi connectivity index (χ3v) is 2.89. The molecule has 132 valence electrons. The summed E-state index contributed by atoms with van der Waals surface area (Å²) in [6.45, 7) is 1.70. The van der Waals surface area contributed by atoms with Crippen molar-refractivity contribution in [3.63, 3.8) is 0 Å². The van der Waals surface area contributed by atoms with E-state index in [1.165, 1.54) is 0 Å². The molecule has 0 aliphatic heterocycles. The highest BCUT2D eigenvalue weighted by Gasteiger charge is 2.05. The first-order chi connectivity index (χ1) is 11.5. The van der Waals surface area contributed by atoms with Crippen LogP contribution in [0.3, 0.4) is 0 Å². The summed E-state index contributed by atoms with van der Waals surface area (Å²) in [5.74, 6) is 0.453. The number of hydrazone groups is 1. The Morgan fingerprint density at radius 3 is 2.48 bits per heavy atom. The second-order valence-corrected chi connectivity index (χ2v) is 5.06. The fraction of sp³-hybridized carbons (Fsp3) is 0.125. The van der Waals surface area contributed by atoms with E-state index in [2.05, 4.69) is 25.8 Å². The molecule has 0 aliphatic carbocycles. The molecule has 1 heterocycles. The first-order valence-corrected chi connectivity index (χ1v) is 7.28. The number of carbonyl (C=O) groups is 1. The highest BCUT2D eigenvalue weighted by atomic mass is 35.5. The number of rotatable bonds is 6. The fourth-order valence-corrected chi connectivity index (χ4v) is 1.85. The minimum Gasteiger partial charge on any atom is -1.00 e. The molecule has 1 aromatic heterocycles. The molecule has 0 saturated carbocycles. The number of guanidine groups is 1. The number of nitrogens with one attached hydrogen (secondary N) is 3. The van der Waals surface area contributed by atoms with Gasteiger partial charge in [0, 0.05) is 5.69 Å². The van der Waals surface area contributed by atoms with Crippen molar-refractivity contribution >= 4 is 34.8 Å². The lowest BCUT2D eigenvalue weighted by Crippen LogP contribution is -3.00. The fourth-order valence-electron chi connectivity index (χ4n) is 1.85. The zero-order valence-corrected chi connectivity index (χ0v) is 14.4. The van der Waals surface area contributed by atoms with E-state index in [0.29, 0.717) is 17.2 Å². The van der Waals surface area contributed by atoms with Gasteiger partial charge in [0.05, 0.1) is 24.0 Å². The van der Waals surface area contributed by atoms with E-state index in [0.717, 1.165) is 5.69 Å². The molecule has 0 fully saturated rings. The predicted octanol–water partition coefficient (Wildman–Crippen LogP) is -3.11. The zero-order chi connectivity index (χ0) is 17.4. The van der Waals surface area contributed by atoms with Crippen LogP contribution < -0.4 is 39.6 Å². The van der Waals surface area contributed by atoms with Crippen molar-refractivity contribution in [2.45, 2.75) is 13.3 Å². The maximum atomic E-state index is 11.9. The van der Waals surface area contributed by atoms with E-state index in [-0.39, 0.29) is 30.7 Å². The van der Waals surface area contributed by atoms with Crippen molar-refractivity contribution in [1.82, 2.24) is 4.98 Å². The molecule has 0 unspecified atom stereocenters. The highest BCUT2D eigenvalue weighted by Crippen LogP contribution is 2.15. The van der Waals surface area contributed by atoms with Gasteiger partial charge >= 0.3 is 5.96 Å². The van der Waals surface area contributed by atoms with Gasteiger partial charge in [-0.15, -0.1) is 5.10 Å². The molecule has 7 N–H and O–H groups in total. The monoisotopic (exact) mass is 361 g/mol. The Morgan fingerprint density at radius 1 is 1.16 bits per heavy atom. The smallest absolute Gasteiger partial charge is 0.362 e. The van der Waals surface area contributed by atoms with Gasteiger partial charge in [0.2, 0.25) is 5.91 Å². The average Bonchev–Trinajstić information content (AvgIpc) is 2.56. The summed E-state index contributed by atoms with van der Waals surface area (Å²) in [5.41, 5.74) is 12.5. The van der Waals surface area contributed by atoms with Gasteiger partial charge < -0.3 is 23.0 Å². The van der Waals surface area contributed by atoms with Crippen molar-refractivity contribution < 1.29 is 22.3 Å². The standard InChI is InChI=1S/C16H19N7O.ClH/c1-11(22-23-16(17)18)9-15(24)21-13-7-8-14(19-10-13)20-12-5-3-2-4-6-12;/h2-8,10H,9H2,1H3,(H,19,20)(H,21,24)(H4,17,18,23);1H/b22-11+;. The van der Waals surface area contributed by atoms with Crippen molar-refractivity contribution in [2.75, 3.05) is 10.6 Å². The number of para-hydroxylation sites is 1. The number of aromatic nitrogens is 1. The van der Waals surface area contributed by atoms with Gasteiger partial charge in [-0.3, -0.25) is 16.3 Å². The number of nitrogens with zero attached hydrogens (tertiary/aromatic N) is 2. The number of halogens is 1. The molecule has 8 nitrogen and oxygen atoms in total. The SMILES string of the molecule is C/C(CC(=O)Nc1ccc(Nc2ccccc2)nc1)=N\[NH+]=C(N)N.[Cl-]. The van der Waals surface area contributed by atoms with Gasteiger partial charge in [-0.05, 0) is 31.2 Å². The van der Waals surface area contributed by atoms with Gasteiger partial charge in [-0.1, -0.05) is 18.2 Å². The quantitative estimate of drug-likeness (QED) is 0.211. The minimum atomic E-state index is -0.209. The third-order valence-electron chi connectivity index (χ3n) is 2.89. The molecular formula is C16H20ClN7O. The van der Waals surface area contributed by atoms with Gasteiger partial charge in [0.25, 0.3) is 0 Å². The second kappa shape index (κ2) is 9.89. The van der Waals surface area contributed by atoms with Gasteiger partial charge in [0.1, 0.15) is 5.82 Å². The van der Waals surface area contributed by atoms with Crippen molar-refractivity contribution in [3.8, 4) is 0 Å². The van der Waals surface area contributed by atoms with Crippen LogP contribution in [0.4, 0.5) is 17.2 Å². The van der Waals surface area contributed by atoms with E-state index < -0.39 is 0 Å². The molecule has 0 spiro atoms. The van der Waals surface area contributed by atoms with Crippen LogP contribution in [-0.4, -0.2) is 22.6 Å². The van der Waals surface area contributed by atoms with Gasteiger partial charge in [-0.2, -0.15) is 5.10 Å². The number of nitrogens with two attached hydrogens (primary N) is 2. The molecule has 0 atom stereocenters. The summed E-state index contributed by atoms with van der Waals surface area (Å²) in [4.78, 5) is 16.2. The van der Waals surface area contributed by atoms with Crippen LogP contribution in [0.2, 0.25) is 0 Å². The summed E-state index contributed by atoms with van der Waals surface area (Å²) in [6, 6.07) is 13.3. The maximum Gasteiger partial charge on any atom is 0.362 e. The largest absolute Gasteiger partial charge is 1.00 e. The topological polar surface area (TPSA) is 132 Å². The number of benzene rings is 1. The molecule has 2 rings (SSSR count). The molecular weight excluding hydrogens is 342 g/mol. The molecule has 25 heavy (non-hydrogen) atoms. The number of carbonyl (C=O) groups excluding carboxylic acids is 1. The van der Waals surface area contributed by atoms with Crippen LogP contribution in [0.1, 0.15) is 13.3 Å². The lowest BCUT2D eigenvalue weighted by Gasteiger charge is -2.07. The van der Waals surface area contributed by atoms with E-state index in [9.17, 15) is 4.79 Å². The van der Waals surface area contributed by atoms with E-state index >= 15 is 0 Å². The lowest BCUT2D eigenvalue weighted by molar-refractivity contribution is -0.464. The normalized spacial score (nSPS) is 10.4. The molecule has 1 aromatic carbocycles. The second-order valence-electron chi connectivity index (χ2n) is 5.06. The number of anilines is 3. The summed E-state index contributed by atoms with van der Waals surface area (Å²) >= 11 is 0. The van der Waals surface area contributed by atoms with Crippen LogP contribution in [0.25, 0.3) is 0 Å². The first kappa shape index (κ1) is 19.9. The molecule has 0 aliphatic rings. The Bertz CT molecular complexity index is 741. The number of hydrogen-bond acceptors (Lipinski definition) is 4. The first-order valence-electron chi connectivity index (χ1n) is 7.28. The highest BCUT2D eigenvalue weighted by molar-refractivity contribution is 6.05. The summed E-state index contributed by atoms with van der Waals surface area (Å²) < 4.78 is 0. The van der Waals surface area contributed by atoms with Crippen LogP contribution in [0.15, 0.2) is 53.8 Å². The molecule has 2 aromatic rings. The Morgan fingerprint density at radius 2 is 1.88 bits per heavy atom. The molecule has 0 bridgehead atoms. The molecule has 0 radical (unpaired) electrons.